The van der Waals surface area contributed by atoms with Crippen LogP contribution in [-0.2, 0) is 16.4 Å². The molecule has 0 saturated heterocycles. The van der Waals surface area contributed by atoms with Gasteiger partial charge in [-0.2, -0.15) is 13.1 Å². The van der Waals surface area contributed by atoms with Crippen LogP contribution in [0.1, 0.15) is 5.56 Å². The smallest absolute Gasteiger partial charge is 0.356 e. The fourth-order valence-electron chi connectivity index (χ4n) is 2.30. The van der Waals surface area contributed by atoms with Crippen molar-refractivity contribution in [2.24, 2.45) is 5.73 Å². The minimum atomic E-state index is -4.01. The second kappa shape index (κ2) is 8.52. The molecule has 0 aliphatic carbocycles. The molecule has 2 rings (SSSR count). The maximum atomic E-state index is 13.7. The summed E-state index contributed by atoms with van der Waals surface area (Å²) < 4.78 is 50.4. The van der Waals surface area contributed by atoms with Crippen molar-refractivity contribution in [1.29, 1.82) is 0 Å². The lowest BCUT2D eigenvalue weighted by molar-refractivity contribution is -0.459. The van der Waals surface area contributed by atoms with Gasteiger partial charge in [-0.25, -0.2) is 4.39 Å². The SMILES string of the molecule is COc1ccc(S(=O)(=O)NC(N)=[NH+]CCc2ccccc2OC)cc1F. The first-order valence-electron chi connectivity index (χ1n) is 7.72. The summed E-state index contributed by atoms with van der Waals surface area (Å²) in [6, 6.07) is 10.8. The van der Waals surface area contributed by atoms with Crippen LogP contribution in [0, 0.1) is 5.82 Å². The zero-order chi connectivity index (χ0) is 19.2. The van der Waals surface area contributed by atoms with Gasteiger partial charge in [0.25, 0.3) is 0 Å². The maximum absolute atomic E-state index is 13.7. The highest BCUT2D eigenvalue weighted by Crippen LogP contribution is 2.20. The Bertz CT molecular complexity index is 901. The zero-order valence-corrected chi connectivity index (χ0v) is 15.3. The first kappa shape index (κ1) is 19.5. The van der Waals surface area contributed by atoms with Gasteiger partial charge < -0.3 is 9.47 Å². The number of halogens is 1. The third kappa shape index (κ3) is 4.85. The molecule has 26 heavy (non-hydrogen) atoms. The van der Waals surface area contributed by atoms with E-state index >= 15 is 0 Å². The number of rotatable bonds is 7. The number of para-hydroxylation sites is 1. The third-order valence-corrected chi connectivity index (χ3v) is 4.94. The van der Waals surface area contributed by atoms with Gasteiger partial charge in [0.2, 0.25) is 0 Å². The molecule has 0 aromatic heterocycles. The minimum absolute atomic E-state index is 0.0455. The second-order valence-corrected chi connectivity index (χ2v) is 6.99. The van der Waals surface area contributed by atoms with Gasteiger partial charge in [0.15, 0.2) is 11.6 Å². The van der Waals surface area contributed by atoms with Crippen molar-refractivity contribution in [2.45, 2.75) is 11.3 Å². The van der Waals surface area contributed by atoms with Crippen molar-refractivity contribution in [3.8, 4) is 11.5 Å². The maximum Gasteiger partial charge on any atom is 0.356 e. The minimum Gasteiger partial charge on any atom is -0.496 e. The molecule has 0 heterocycles. The average Bonchev–Trinajstić information content (AvgIpc) is 2.61. The predicted octanol–water partition coefficient (Wildman–Crippen LogP) is -0.241. The fraction of sp³-hybridized carbons (Fsp3) is 0.235. The van der Waals surface area contributed by atoms with Gasteiger partial charge >= 0.3 is 16.0 Å². The summed E-state index contributed by atoms with van der Waals surface area (Å²) in [6.45, 7) is 0.381. The Hall–Kier alpha value is -2.81. The van der Waals surface area contributed by atoms with Crippen molar-refractivity contribution in [3.63, 3.8) is 0 Å². The normalized spacial score (nSPS) is 11.9. The van der Waals surface area contributed by atoms with Crippen LogP contribution in [0.5, 0.6) is 11.5 Å². The molecule has 0 atom stereocenters. The third-order valence-electron chi connectivity index (χ3n) is 3.58. The number of nitrogens with one attached hydrogen (secondary N) is 2. The van der Waals surface area contributed by atoms with E-state index in [0.717, 1.165) is 17.4 Å². The van der Waals surface area contributed by atoms with Crippen LogP contribution >= 0.6 is 0 Å². The van der Waals surface area contributed by atoms with Crippen molar-refractivity contribution >= 4 is 16.0 Å². The molecule has 4 N–H and O–H groups in total. The molecule has 0 radical (unpaired) electrons. The Morgan fingerprint density at radius 1 is 1.15 bits per heavy atom. The molecule has 0 amide bonds. The molecule has 7 nitrogen and oxygen atoms in total. The van der Waals surface area contributed by atoms with Gasteiger partial charge in [0.1, 0.15) is 10.6 Å². The molecule has 140 valence electrons. The predicted molar refractivity (Wildman–Crippen MR) is 95.0 cm³/mol. The van der Waals surface area contributed by atoms with Crippen LogP contribution < -0.4 is 24.9 Å². The van der Waals surface area contributed by atoms with E-state index in [-0.39, 0.29) is 16.6 Å². The summed E-state index contributed by atoms with van der Waals surface area (Å²) in [6.07, 6.45) is 0.573. The Morgan fingerprint density at radius 3 is 2.50 bits per heavy atom. The molecule has 0 aliphatic heterocycles. The molecule has 0 aliphatic rings. The quantitative estimate of drug-likeness (QED) is 0.453. The van der Waals surface area contributed by atoms with E-state index in [1.54, 1.807) is 7.11 Å². The van der Waals surface area contributed by atoms with Gasteiger partial charge in [-0.3, -0.25) is 10.7 Å². The van der Waals surface area contributed by atoms with Gasteiger partial charge in [-0.05, 0) is 29.8 Å². The monoisotopic (exact) mass is 382 g/mol. The van der Waals surface area contributed by atoms with Crippen LogP contribution in [0.2, 0.25) is 0 Å². The first-order chi connectivity index (χ1) is 12.4. The van der Waals surface area contributed by atoms with Crippen LogP contribution in [-0.4, -0.2) is 35.1 Å². The Labute approximate surface area is 151 Å². The summed E-state index contributed by atoms with van der Waals surface area (Å²) in [4.78, 5) is 2.52. The van der Waals surface area contributed by atoms with Crippen molar-refractivity contribution in [1.82, 2.24) is 4.72 Å². The molecule has 0 unspecified atom stereocenters. The summed E-state index contributed by atoms with van der Waals surface area (Å²) in [5.74, 6) is -0.243. The van der Waals surface area contributed by atoms with Crippen LogP contribution in [0.4, 0.5) is 4.39 Å². The average molecular weight is 382 g/mol. The highest BCUT2D eigenvalue weighted by atomic mass is 32.2. The number of hydrogen-bond acceptors (Lipinski definition) is 4. The summed E-state index contributed by atoms with van der Waals surface area (Å²) >= 11 is 0. The van der Waals surface area contributed by atoms with E-state index in [4.69, 9.17) is 15.2 Å². The van der Waals surface area contributed by atoms with Crippen molar-refractivity contribution in [2.75, 3.05) is 20.8 Å². The number of sulfonamides is 1. The van der Waals surface area contributed by atoms with E-state index in [1.807, 2.05) is 24.3 Å². The van der Waals surface area contributed by atoms with Gasteiger partial charge in [-0.15, -0.1) is 0 Å². The van der Waals surface area contributed by atoms with E-state index in [0.29, 0.717) is 13.0 Å². The first-order valence-corrected chi connectivity index (χ1v) is 9.20. The number of hydrogen-bond donors (Lipinski definition) is 3. The number of guanidine groups is 1. The molecular weight excluding hydrogens is 361 g/mol. The van der Waals surface area contributed by atoms with E-state index in [2.05, 4.69) is 9.71 Å². The molecule has 0 saturated carbocycles. The second-order valence-electron chi connectivity index (χ2n) is 5.30. The number of nitrogens with two attached hydrogens (primary N) is 1. The van der Waals surface area contributed by atoms with E-state index < -0.39 is 15.8 Å². The lowest BCUT2D eigenvalue weighted by Crippen LogP contribution is -2.79. The largest absolute Gasteiger partial charge is 0.496 e. The van der Waals surface area contributed by atoms with Gasteiger partial charge in [0, 0.05) is 6.42 Å². The number of benzene rings is 2. The highest BCUT2D eigenvalue weighted by molar-refractivity contribution is 7.90. The summed E-state index contributed by atoms with van der Waals surface area (Å²) in [5, 5.41) is 0. The highest BCUT2D eigenvalue weighted by Gasteiger charge is 2.21. The molecule has 2 aromatic rings. The standard InChI is InChI=1S/C17H20FN3O4S/c1-24-15-6-4-3-5-12(15)9-10-20-17(19)21-26(22,23)13-7-8-16(25-2)14(18)11-13/h3-8,11H,9-10H2,1-2H3,(H3,19,20,21)/p+1. The van der Waals surface area contributed by atoms with E-state index in [9.17, 15) is 12.8 Å². The summed E-state index contributed by atoms with van der Waals surface area (Å²) in [7, 11) is -1.14. The number of methoxy groups -OCH3 is 2. The van der Waals surface area contributed by atoms with Crippen molar-refractivity contribution < 1.29 is 27.3 Å². The van der Waals surface area contributed by atoms with Crippen LogP contribution in [0.15, 0.2) is 47.4 Å². The van der Waals surface area contributed by atoms with Crippen molar-refractivity contribution in [3.05, 3.63) is 53.8 Å². The summed E-state index contributed by atoms with van der Waals surface area (Å²) in [5.41, 5.74) is 6.65. The zero-order valence-electron chi connectivity index (χ0n) is 14.5. The Morgan fingerprint density at radius 2 is 1.85 bits per heavy atom. The molecule has 0 bridgehead atoms. The van der Waals surface area contributed by atoms with Gasteiger partial charge in [0.05, 0.1) is 20.8 Å². The van der Waals surface area contributed by atoms with Gasteiger partial charge in [-0.1, -0.05) is 18.2 Å². The van der Waals surface area contributed by atoms with Crippen LogP contribution in [0.25, 0.3) is 0 Å². The lowest BCUT2D eigenvalue weighted by atomic mass is 10.1. The Kier molecular flexibility index (Phi) is 6.40. The van der Waals surface area contributed by atoms with E-state index in [1.165, 1.54) is 19.2 Å². The number of ether oxygens (including phenoxy) is 2. The molecular formula is C17H21FN3O4S+. The fourth-order valence-corrected chi connectivity index (χ4v) is 3.28. The molecule has 0 fully saturated rings. The topological polar surface area (TPSA) is 105 Å². The molecule has 2 aromatic carbocycles. The molecule has 0 spiro atoms. The Balaban J connectivity index is 2.04. The molecule has 9 heteroatoms. The lowest BCUT2D eigenvalue weighted by Gasteiger charge is -2.07. The van der Waals surface area contributed by atoms with Crippen LogP contribution in [0.3, 0.4) is 0 Å².